The van der Waals surface area contributed by atoms with E-state index in [9.17, 15) is 18.0 Å². The number of hydrogen-bond donors (Lipinski definition) is 1. The Hall–Kier alpha value is -2.82. The van der Waals surface area contributed by atoms with Gasteiger partial charge in [-0.15, -0.1) is 0 Å². The number of rotatable bonds is 6. The molecule has 0 unspecified atom stereocenters. The monoisotopic (exact) mass is 493 g/mol. The molecule has 0 aliphatic carbocycles. The van der Waals surface area contributed by atoms with Crippen molar-refractivity contribution in [1.29, 1.82) is 0 Å². The molecule has 9 nitrogen and oxygen atoms in total. The summed E-state index contributed by atoms with van der Waals surface area (Å²) in [7, 11) is -0.654. The van der Waals surface area contributed by atoms with Crippen LogP contribution in [0.1, 0.15) is 19.3 Å². The second-order valence-electron chi connectivity index (χ2n) is 8.01. The lowest BCUT2D eigenvalue weighted by Crippen LogP contribution is -2.39. The summed E-state index contributed by atoms with van der Waals surface area (Å²) in [5.41, 5.74) is 1.34. The molecule has 1 amide bonds. The van der Waals surface area contributed by atoms with E-state index in [-0.39, 0.29) is 22.3 Å². The molecule has 0 spiro atoms. The molecule has 0 bridgehead atoms. The second kappa shape index (κ2) is 9.20. The Morgan fingerprint density at radius 1 is 1.21 bits per heavy atom. The van der Waals surface area contributed by atoms with E-state index in [1.807, 2.05) is 0 Å². The Kier molecular flexibility index (Phi) is 6.51. The van der Waals surface area contributed by atoms with E-state index < -0.39 is 15.8 Å². The fourth-order valence-electron chi connectivity index (χ4n) is 4.00. The molecular weight excluding hydrogens is 470 g/mol. The number of aryl methyl sites for hydroxylation is 1. The van der Waals surface area contributed by atoms with Gasteiger partial charge in [0.15, 0.2) is 5.58 Å². The number of nitrogens with one attached hydrogen (secondary N) is 1. The largest absolute Gasteiger partial charge is 0.495 e. The number of sulfonamides is 1. The molecule has 3 aromatic rings. The number of methoxy groups -OCH3 is 1. The van der Waals surface area contributed by atoms with Crippen molar-refractivity contribution < 1.29 is 22.4 Å². The topological polar surface area (TPSA) is 111 Å². The van der Waals surface area contributed by atoms with Crippen LogP contribution in [-0.4, -0.2) is 43.4 Å². The van der Waals surface area contributed by atoms with Crippen LogP contribution in [0.15, 0.2) is 50.5 Å². The summed E-state index contributed by atoms with van der Waals surface area (Å²) in [6, 6.07) is 9.44. The zero-order valence-electron chi connectivity index (χ0n) is 18.2. The van der Waals surface area contributed by atoms with Crippen LogP contribution >= 0.6 is 11.6 Å². The number of halogens is 1. The molecule has 0 atom stereocenters. The number of carbonyl (C=O) groups is 1. The third-order valence-electron chi connectivity index (χ3n) is 5.88. The number of oxazole rings is 1. The number of piperidine rings is 1. The highest BCUT2D eigenvalue weighted by atomic mass is 35.5. The number of amides is 1. The van der Waals surface area contributed by atoms with E-state index in [0.717, 1.165) is 0 Å². The van der Waals surface area contributed by atoms with Crippen LogP contribution in [0.5, 0.6) is 5.75 Å². The lowest BCUT2D eigenvalue weighted by atomic mass is 9.94. The molecule has 1 N–H and O–H groups in total. The average molecular weight is 494 g/mol. The summed E-state index contributed by atoms with van der Waals surface area (Å²) >= 11 is 6.09. The fraction of sp³-hybridized carbons (Fsp3) is 0.364. The molecule has 176 valence electrons. The van der Waals surface area contributed by atoms with E-state index >= 15 is 0 Å². The minimum absolute atomic E-state index is 0.0693. The lowest BCUT2D eigenvalue weighted by Gasteiger charge is -2.31. The summed E-state index contributed by atoms with van der Waals surface area (Å²) in [5, 5.41) is 3.23. The number of benzene rings is 2. The van der Waals surface area contributed by atoms with Crippen molar-refractivity contribution in [3.05, 3.63) is 52.0 Å². The standard InChI is InChI=1S/C22H24ClN3O6S/c1-25-18-5-4-16(13-20(18)32-22(25)28)33(29,30)26-9-7-14(8-10-26)11-21(27)24-15-3-6-19(31-2)17(23)12-15/h3-6,12-14H,7-11H2,1-2H3,(H,24,27). The Balaban J connectivity index is 1.36. The van der Waals surface area contributed by atoms with Crippen molar-refractivity contribution in [3.63, 3.8) is 0 Å². The molecule has 1 aromatic heterocycles. The van der Waals surface area contributed by atoms with Gasteiger partial charge in [0.2, 0.25) is 15.9 Å². The molecule has 2 heterocycles. The van der Waals surface area contributed by atoms with Gasteiger partial charge < -0.3 is 14.5 Å². The quantitative estimate of drug-likeness (QED) is 0.564. The predicted octanol–water partition coefficient (Wildman–Crippen LogP) is 3.22. The molecule has 0 saturated carbocycles. The first-order valence-corrected chi connectivity index (χ1v) is 12.2. The maximum Gasteiger partial charge on any atom is 0.419 e. The molecule has 1 saturated heterocycles. The number of carbonyl (C=O) groups excluding carboxylic acids is 1. The first-order chi connectivity index (χ1) is 15.7. The molecule has 0 radical (unpaired) electrons. The van der Waals surface area contributed by atoms with Gasteiger partial charge in [-0.2, -0.15) is 4.31 Å². The molecule has 1 aliphatic heterocycles. The summed E-state index contributed by atoms with van der Waals surface area (Å²) < 4.78 is 39.1. The molecule has 4 rings (SSSR count). The Morgan fingerprint density at radius 2 is 1.94 bits per heavy atom. The van der Waals surface area contributed by atoms with Crippen molar-refractivity contribution in [1.82, 2.24) is 8.87 Å². The second-order valence-corrected chi connectivity index (χ2v) is 10.4. The van der Waals surface area contributed by atoms with Gasteiger partial charge in [0.25, 0.3) is 0 Å². The van der Waals surface area contributed by atoms with Gasteiger partial charge in [0.1, 0.15) is 5.75 Å². The molecular formula is C22H24ClN3O6S. The average Bonchev–Trinajstić information content (AvgIpc) is 3.07. The van der Waals surface area contributed by atoms with Crippen molar-refractivity contribution in [2.75, 3.05) is 25.5 Å². The number of hydrogen-bond acceptors (Lipinski definition) is 6. The van der Waals surface area contributed by atoms with Gasteiger partial charge in [-0.25, -0.2) is 13.2 Å². The van der Waals surface area contributed by atoms with Crippen LogP contribution in [0, 0.1) is 5.92 Å². The summed E-state index contributed by atoms with van der Waals surface area (Å²) in [5.74, 6) is -0.103. The van der Waals surface area contributed by atoms with Crippen molar-refractivity contribution in [2.45, 2.75) is 24.2 Å². The summed E-state index contributed by atoms with van der Waals surface area (Å²) in [6.45, 7) is 0.622. The first-order valence-electron chi connectivity index (χ1n) is 10.4. The van der Waals surface area contributed by atoms with Gasteiger partial charge in [0.05, 0.1) is 22.5 Å². The Bertz CT molecular complexity index is 1360. The van der Waals surface area contributed by atoms with Crippen LogP contribution in [0.25, 0.3) is 11.1 Å². The number of ether oxygens (including phenoxy) is 1. The molecule has 1 aliphatic rings. The highest BCUT2D eigenvalue weighted by Gasteiger charge is 2.30. The van der Waals surface area contributed by atoms with E-state index in [1.165, 1.54) is 28.1 Å². The SMILES string of the molecule is COc1ccc(NC(=O)CC2CCN(S(=O)(=O)c3ccc4c(c3)oc(=O)n4C)CC2)cc1Cl. The molecule has 11 heteroatoms. The molecule has 2 aromatic carbocycles. The van der Waals surface area contributed by atoms with Crippen molar-refractivity contribution in [3.8, 4) is 5.75 Å². The number of anilines is 1. The predicted molar refractivity (Wildman–Crippen MR) is 124 cm³/mol. The lowest BCUT2D eigenvalue weighted by molar-refractivity contribution is -0.117. The number of nitrogens with zero attached hydrogens (tertiary/aromatic N) is 2. The van der Waals surface area contributed by atoms with Gasteiger partial charge in [-0.3, -0.25) is 9.36 Å². The van der Waals surface area contributed by atoms with Crippen LogP contribution in [0.2, 0.25) is 5.02 Å². The van der Waals surface area contributed by atoms with Crippen LogP contribution in [0.4, 0.5) is 5.69 Å². The van der Waals surface area contributed by atoms with E-state index in [2.05, 4.69) is 5.32 Å². The smallest absolute Gasteiger partial charge is 0.419 e. The van der Waals surface area contributed by atoms with Gasteiger partial charge in [-0.1, -0.05) is 11.6 Å². The van der Waals surface area contributed by atoms with E-state index in [4.69, 9.17) is 20.8 Å². The minimum Gasteiger partial charge on any atom is -0.495 e. The van der Waals surface area contributed by atoms with Crippen molar-refractivity contribution >= 4 is 44.3 Å². The zero-order chi connectivity index (χ0) is 23.8. The van der Waals surface area contributed by atoms with Gasteiger partial charge in [0, 0.05) is 38.3 Å². The van der Waals surface area contributed by atoms with Crippen LogP contribution < -0.4 is 15.8 Å². The first kappa shape index (κ1) is 23.3. The number of fused-ring (bicyclic) bond motifs is 1. The third kappa shape index (κ3) is 4.78. The highest BCUT2D eigenvalue weighted by molar-refractivity contribution is 7.89. The van der Waals surface area contributed by atoms with Crippen LogP contribution in [-0.2, 0) is 21.9 Å². The highest BCUT2D eigenvalue weighted by Crippen LogP contribution is 2.29. The third-order valence-corrected chi connectivity index (χ3v) is 8.07. The van der Waals surface area contributed by atoms with E-state index in [0.29, 0.717) is 54.3 Å². The van der Waals surface area contributed by atoms with Crippen molar-refractivity contribution in [2.24, 2.45) is 13.0 Å². The maximum atomic E-state index is 13.1. The van der Waals surface area contributed by atoms with Gasteiger partial charge >= 0.3 is 5.76 Å². The summed E-state index contributed by atoms with van der Waals surface area (Å²) in [4.78, 5) is 24.2. The normalized spacial score (nSPS) is 15.6. The Morgan fingerprint density at radius 3 is 2.61 bits per heavy atom. The fourth-order valence-corrected chi connectivity index (χ4v) is 5.74. The zero-order valence-corrected chi connectivity index (χ0v) is 19.8. The molecule has 1 fully saturated rings. The maximum absolute atomic E-state index is 13.1. The molecule has 33 heavy (non-hydrogen) atoms. The van der Waals surface area contributed by atoms with Gasteiger partial charge in [-0.05, 0) is 49.1 Å². The van der Waals surface area contributed by atoms with Crippen LogP contribution in [0.3, 0.4) is 0 Å². The van der Waals surface area contributed by atoms with E-state index in [1.54, 1.807) is 31.3 Å². The Labute approximate surface area is 195 Å². The summed E-state index contributed by atoms with van der Waals surface area (Å²) in [6.07, 6.45) is 1.43. The number of aromatic nitrogens is 1. The minimum atomic E-state index is -3.73.